The zero-order valence-corrected chi connectivity index (χ0v) is 22.1. The van der Waals surface area contributed by atoms with Gasteiger partial charge in [0.2, 0.25) is 0 Å². The molecule has 0 spiro atoms. The lowest BCUT2D eigenvalue weighted by molar-refractivity contribution is 0.0952. The summed E-state index contributed by atoms with van der Waals surface area (Å²) in [5.41, 5.74) is 0.806. The molecule has 2 aromatic heterocycles. The van der Waals surface area contributed by atoms with Gasteiger partial charge in [0.05, 0.1) is 32.6 Å². The van der Waals surface area contributed by atoms with Crippen molar-refractivity contribution in [1.82, 2.24) is 30.0 Å². The van der Waals surface area contributed by atoms with Crippen molar-refractivity contribution in [2.75, 3.05) is 6.54 Å². The van der Waals surface area contributed by atoms with E-state index in [1.54, 1.807) is 19.9 Å². The average Bonchev–Trinajstić information content (AvgIpc) is 3.32. The van der Waals surface area contributed by atoms with E-state index in [1.807, 2.05) is 0 Å². The van der Waals surface area contributed by atoms with E-state index < -0.39 is 29.0 Å². The Hall–Kier alpha value is -4.15. The molecule has 1 unspecified atom stereocenters. The predicted molar refractivity (Wildman–Crippen MR) is 144 cm³/mol. The molecular weight excluding hydrogens is 549 g/mol. The Morgan fingerprint density at radius 3 is 2.51 bits per heavy atom. The SMILES string of the molecule is Cc1ncn(-c2cc(Cl)c(C(=O)NCC(c3cccc(F)c3)c3nc4c(F)ccc(C)c4c(=O)[nH]3)c(Cl)c2)n1. The Morgan fingerprint density at radius 1 is 1.10 bits per heavy atom. The van der Waals surface area contributed by atoms with Crippen molar-refractivity contribution in [3.05, 3.63) is 115 Å². The van der Waals surface area contributed by atoms with E-state index in [9.17, 15) is 18.4 Å². The maximum atomic E-state index is 14.7. The number of halogens is 4. The van der Waals surface area contributed by atoms with Gasteiger partial charge in [0.25, 0.3) is 11.5 Å². The summed E-state index contributed by atoms with van der Waals surface area (Å²) in [5, 5.41) is 7.19. The Kier molecular flexibility index (Phi) is 7.16. The lowest BCUT2D eigenvalue weighted by Gasteiger charge is -2.19. The van der Waals surface area contributed by atoms with Gasteiger partial charge in [0.1, 0.15) is 35.1 Å². The van der Waals surface area contributed by atoms with Crippen LogP contribution in [0.1, 0.15) is 39.1 Å². The van der Waals surface area contributed by atoms with Gasteiger partial charge in [-0.3, -0.25) is 9.59 Å². The molecule has 0 aliphatic heterocycles. The van der Waals surface area contributed by atoms with Crippen LogP contribution in [-0.2, 0) is 0 Å². The van der Waals surface area contributed by atoms with E-state index in [0.29, 0.717) is 22.6 Å². The number of hydrogen-bond donors (Lipinski definition) is 2. The van der Waals surface area contributed by atoms with Gasteiger partial charge < -0.3 is 10.3 Å². The molecule has 8 nitrogen and oxygen atoms in total. The molecule has 5 rings (SSSR count). The van der Waals surface area contributed by atoms with E-state index in [0.717, 1.165) is 0 Å². The molecule has 5 aromatic rings. The number of carbonyl (C=O) groups is 1. The summed E-state index contributed by atoms with van der Waals surface area (Å²) >= 11 is 12.8. The third kappa shape index (κ3) is 5.25. The molecule has 3 aromatic carbocycles. The Labute approximate surface area is 230 Å². The van der Waals surface area contributed by atoms with Gasteiger partial charge in [-0.2, -0.15) is 5.10 Å². The number of rotatable bonds is 6. The zero-order valence-electron chi connectivity index (χ0n) is 20.6. The van der Waals surface area contributed by atoms with Crippen LogP contribution in [0.2, 0.25) is 10.0 Å². The topological polar surface area (TPSA) is 106 Å². The number of nitrogens with zero attached hydrogens (tertiary/aromatic N) is 4. The van der Waals surface area contributed by atoms with Crippen LogP contribution in [0.4, 0.5) is 8.78 Å². The first-order chi connectivity index (χ1) is 18.6. The Balaban J connectivity index is 1.50. The summed E-state index contributed by atoms with van der Waals surface area (Å²) in [7, 11) is 0. The molecule has 12 heteroatoms. The molecule has 0 fully saturated rings. The molecule has 1 atom stereocenters. The van der Waals surface area contributed by atoms with Crippen LogP contribution in [0.25, 0.3) is 16.6 Å². The van der Waals surface area contributed by atoms with Crippen molar-refractivity contribution in [2.24, 2.45) is 0 Å². The van der Waals surface area contributed by atoms with Crippen molar-refractivity contribution in [1.29, 1.82) is 0 Å². The summed E-state index contributed by atoms with van der Waals surface area (Å²) in [6, 6.07) is 11.4. The summed E-state index contributed by atoms with van der Waals surface area (Å²) in [4.78, 5) is 37.2. The van der Waals surface area contributed by atoms with Gasteiger partial charge in [-0.05, 0) is 55.3 Å². The fourth-order valence-electron chi connectivity index (χ4n) is 4.31. The standard InChI is InChI=1S/C27H20Cl2F2N6O2/c1-13-6-7-21(31)24-22(13)27(39)35-25(34-24)18(15-4-3-5-16(30)8-15)11-32-26(38)23-19(28)9-17(10-20(23)29)37-12-33-14(2)36-37/h3-10,12,18H,11H2,1-2H3,(H,32,38)(H,34,35,39). The van der Waals surface area contributed by atoms with Gasteiger partial charge in [0, 0.05) is 6.54 Å². The Bertz CT molecular complexity index is 1780. The summed E-state index contributed by atoms with van der Waals surface area (Å²) in [5.74, 6) is -2.06. The van der Waals surface area contributed by atoms with E-state index in [2.05, 4.69) is 25.4 Å². The van der Waals surface area contributed by atoms with Crippen LogP contribution in [0.3, 0.4) is 0 Å². The molecule has 0 aliphatic carbocycles. The van der Waals surface area contributed by atoms with Crippen LogP contribution in [-0.4, -0.2) is 37.2 Å². The van der Waals surface area contributed by atoms with Crippen molar-refractivity contribution in [3.63, 3.8) is 0 Å². The average molecular weight is 569 g/mol. The van der Waals surface area contributed by atoms with Crippen LogP contribution in [0, 0.1) is 25.5 Å². The minimum Gasteiger partial charge on any atom is -0.351 e. The number of hydrogen-bond acceptors (Lipinski definition) is 5. The smallest absolute Gasteiger partial charge is 0.259 e. The first-order valence-electron chi connectivity index (χ1n) is 11.7. The molecule has 0 radical (unpaired) electrons. The van der Waals surface area contributed by atoms with E-state index in [-0.39, 0.29) is 38.9 Å². The summed E-state index contributed by atoms with van der Waals surface area (Å²) < 4.78 is 30.3. The Morgan fingerprint density at radius 2 is 1.85 bits per heavy atom. The van der Waals surface area contributed by atoms with Crippen molar-refractivity contribution >= 4 is 40.0 Å². The highest BCUT2D eigenvalue weighted by Gasteiger charge is 2.23. The van der Waals surface area contributed by atoms with Crippen LogP contribution < -0.4 is 10.9 Å². The highest BCUT2D eigenvalue weighted by Crippen LogP contribution is 2.29. The number of H-pyrrole nitrogens is 1. The fourth-order valence-corrected chi connectivity index (χ4v) is 4.96. The molecule has 2 heterocycles. The molecular formula is C27H20Cl2F2N6O2. The quantitative estimate of drug-likeness (QED) is 0.290. The van der Waals surface area contributed by atoms with Gasteiger partial charge in [-0.15, -0.1) is 0 Å². The van der Waals surface area contributed by atoms with Crippen molar-refractivity contribution in [2.45, 2.75) is 19.8 Å². The number of aromatic amines is 1. The van der Waals surface area contributed by atoms with E-state index in [4.69, 9.17) is 23.2 Å². The molecule has 2 N–H and O–H groups in total. The fraction of sp³-hybridized carbons (Fsp3) is 0.148. The first kappa shape index (κ1) is 26.5. The molecule has 0 saturated heterocycles. The number of nitrogens with one attached hydrogen (secondary N) is 2. The maximum absolute atomic E-state index is 14.7. The van der Waals surface area contributed by atoms with Crippen molar-refractivity contribution < 1.29 is 13.6 Å². The molecule has 0 bridgehead atoms. The second-order valence-electron chi connectivity index (χ2n) is 8.88. The monoisotopic (exact) mass is 568 g/mol. The number of aryl methyl sites for hydroxylation is 2. The highest BCUT2D eigenvalue weighted by molar-refractivity contribution is 6.40. The van der Waals surface area contributed by atoms with Crippen LogP contribution in [0.15, 0.2) is 59.7 Å². The lowest BCUT2D eigenvalue weighted by atomic mass is 9.97. The second-order valence-corrected chi connectivity index (χ2v) is 9.69. The van der Waals surface area contributed by atoms with Crippen LogP contribution >= 0.6 is 23.2 Å². The molecule has 198 valence electrons. The minimum absolute atomic E-state index is 0.0125. The third-order valence-corrected chi connectivity index (χ3v) is 6.81. The number of amides is 1. The number of aromatic nitrogens is 5. The maximum Gasteiger partial charge on any atom is 0.259 e. The molecule has 1 amide bonds. The zero-order chi connectivity index (χ0) is 27.8. The van der Waals surface area contributed by atoms with E-state index >= 15 is 0 Å². The summed E-state index contributed by atoms with van der Waals surface area (Å²) in [6.45, 7) is 3.26. The normalized spacial score (nSPS) is 12.1. The van der Waals surface area contributed by atoms with Crippen LogP contribution in [0.5, 0.6) is 0 Å². The number of carbonyl (C=O) groups excluding carboxylic acids is 1. The minimum atomic E-state index is -0.836. The van der Waals surface area contributed by atoms with E-state index in [1.165, 1.54) is 53.5 Å². The van der Waals surface area contributed by atoms with Gasteiger partial charge in [0.15, 0.2) is 0 Å². The van der Waals surface area contributed by atoms with Gasteiger partial charge >= 0.3 is 0 Å². The van der Waals surface area contributed by atoms with Gasteiger partial charge in [-0.25, -0.2) is 23.4 Å². The number of benzene rings is 3. The first-order valence-corrected chi connectivity index (χ1v) is 12.5. The second kappa shape index (κ2) is 10.5. The van der Waals surface area contributed by atoms with Gasteiger partial charge in [-0.1, -0.05) is 41.4 Å². The third-order valence-electron chi connectivity index (χ3n) is 6.21. The molecule has 39 heavy (non-hydrogen) atoms. The molecule has 0 saturated carbocycles. The highest BCUT2D eigenvalue weighted by atomic mass is 35.5. The predicted octanol–water partition coefficient (Wildman–Crippen LogP) is 5.27. The summed E-state index contributed by atoms with van der Waals surface area (Å²) in [6.07, 6.45) is 1.49. The number of fused-ring (bicyclic) bond motifs is 1. The largest absolute Gasteiger partial charge is 0.351 e. The molecule has 0 aliphatic rings. The van der Waals surface area contributed by atoms with Crippen molar-refractivity contribution in [3.8, 4) is 5.69 Å². The lowest BCUT2D eigenvalue weighted by Crippen LogP contribution is -2.31.